The lowest BCUT2D eigenvalue weighted by atomic mass is 10.3. The predicted molar refractivity (Wildman–Crippen MR) is 79.4 cm³/mol. The van der Waals surface area contributed by atoms with Gasteiger partial charge in [0.25, 0.3) is 0 Å². The Bertz CT molecular complexity index is 548. The van der Waals surface area contributed by atoms with Gasteiger partial charge in [-0.25, -0.2) is 0 Å². The van der Waals surface area contributed by atoms with Gasteiger partial charge < -0.3 is 10.1 Å². The lowest BCUT2D eigenvalue weighted by Gasteiger charge is -2.20. The normalized spacial score (nSPS) is 18.4. The predicted octanol–water partition coefficient (Wildman–Crippen LogP) is 0.671. The molecule has 1 N–H and O–H groups in total. The Hall–Kier alpha value is -1.31. The van der Waals surface area contributed by atoms with Crippen LogP contribution in [0.3, 0.4) is 0 Å². The first-order chi connectivity index (χ1) is 9.59. The summed E-state index contributed by atoms with van der Waals surface area (Å²) in [6, 6.07) is 7.13. The molecule has 112 valence electrons. The maximum Gasteiger partial charge on any atom is 0.304 e. The van der Waals surface area contributed by atoms with Crippen molar-refractivity contribution in [3.8, 4) is 5.75 Å². The molecule has 0 bridgehead atoms. The van der Waals surface area contributed by atoms with Gasteiger partial charge >= 0.3 is 10.2 Å². The summed E-state index contributed by atoms with van der Waals surface area (Å²) >= 11 is 0. The zero-order valence-electron chi connectivity index (χ0n) is 11.9. The largest absolute Gasteiger partial charge is 0.497 e. The molecule has 0 radical (unpaired) electrons. The molecule has 7 heteroatoms. The number of hydrogen-bond acceptors (Lipinski definition) is 4. The minimum atomic E-state index is -3.40. The van der Waals surface area contributed by atoms with E-state index in [0.717, 1.165) is 13.0 Å². The van der Waals surface area contributed by atoms with Gasteiger partial charge in [0.1, 0.15) is 5.75 Å². The summed E-state index contributed by atoms with van der Waals surface area (Å²) in [6.07, 6.45) is 0.807. The lowest BCUT2D eigenvalue weighted by Crippen LogP contribution is -2.34. The average molecular weight is 299 g/mol. The second-order valence-corrected chi connectivity index (χ2v) is 6.49. The van der Waals surface area contributed by atoms with E-state index >= 15 is 0 Å². The van der Waals surface area contributed by atoms with Crippen LogP contribution in [-0.2, 0) is 10.2 Å². The second-order valence-electron chi connectivity index (χ2n) is 4.64. The van der Waals surface area contributed by atoms with Crippen LogP contribution in [0.25, 0.3) is 0 Å². The first kappa shape index (κ1) is 15.1. The Morgan fingerprint density at radius 3 is 2.85 bits per heavy atom. The fourth-order valence-corrected chi connectivity index (χ4v) is 3.90. The van der Waals surface area contributed by atoms with Crippen molar-refractivity contribution in [3.63, 3.8) is 0 Å². The van der Waals surface area contributed by atoms with E-state index in [9.17, 15) is 8.42 Å². The molecule has 1 aromatic rings. The number of rotatable bonds is 6. The van der Waals surface area contributed by atoms with Crippen molar-refractivity contribution in [1.82, 2.24) is 9.62 Å². The molecule has 1 aliphatic rings. The molecule has 0 amide bonds. The van der Waals surface area contributed by atoms with Crippen molar-refractivity contribution in [2.45, 2.75) is 6.42 Å². The number of nitrogens with zero attached hydrogens (tertiary/aromatic N) is 2. The maximum atomic E-state index is 12.5. The van der Waals surface area contributed by atoms with Gasteiger partial charge in [0.15, 0.2) is 0 Å². The lowest BCUT2D eigenvalue weighted by molar-refractivity contribution is 0.415. The smallest absolute Gasteiger partial charge is 0.304 e. The van der Waals surface area contributed by atoms with Gasteiger partial charge in [0.05, 0.1) is 12.8 Å². The zero-order valence-corrected chi connectivity index (χ0v) is 12.7. The highest BCUT2D eigenvalue weighted by atomic mass is 32.2. The molecule has 0 atom stereocenters. The van der Waals surface area contributed by atoms with Crippen molar-refractivity contribution in [2.24, 2.45) is 0 Å². The van der Waals surface area contributed by atoms with Crippen LogP contribution < -0.4 is 14.4 Å². The molecular weight excluding hydrogens is 278 g/mol. The molecule has 2 rings (SSSR count). The Morgan fingerprint density at radius 1 is 1.35 bits per heavy atom. The van der Waals surface area contributed by atoms with Crippen LogP contribution in [-0.4, -0.2) is 53.1 Å². The average Bonchev–Trinajstić information content (AvgIpc) is 2.74. The van der Waals surface area contributed by atoms with Crippen LogP contribution >= 0.6 is 0 Å². The second kappa shape index (κ2) is 6.43. The minimum Gasteiger partial charge on any atom is -0.497 e. The molecule has 0 aliphatic carbocycles. The Balaban J connectivity index is 2.14. The molecule has 1 saturated heterocycles. The summed E-state index contributed by atoms with van der Waals surface area (Å²) in [5, 5.41) is 3.03. The van der Waals surface area contributed by atoms with Gasteiger partial charge in [0, 0.05) is 25.7 Å². The molecule has 0 saturated carbocycles. The number of ether oxygens (including phenoxy) is 1. The van der Waals surface area contributed by atoms with Crippen molar-refractivity contribution in [1.29, 1.82) is 0 Å². The van der Waals surface area contributed by atoms with Crippen molar-refractivity contribution < 1.29 is 13.2 Å². The third kappa shape index (κ3) is 3.05. The Morgan fingerprint density at radius 2 is 2.15 bits per heavy atom. The fraction of sp³-hybridized carbons (Fsp3) is 0.538. The summed E-state index contributed by atoms with van der Waals surface area (Å²) in [4.78, 5) is 0. The number of nitrogens with one attached hydrogen (secondary N) is 1. The summed E-state index contributed by atoms with van der Waals surface area (Å²) in [5.41, 5.74) is 0.653. The highest BCUT2D eigenvalue weighted by Gasteiger charge is 2.36. The van der Waals surface area contributed by atoms with E-state index in [1.165, 1.54) is 8.61 Å². The minimum absolute atomic E-state index is 0.481. The van der Waals surface area contributed by atoms with E-state index in [0.29, 0.717) is 31.1 Å². The van der Waals surface area contributed by atoms with Gasteiger partial charge in [-0.3, -0.25) is 4.31 Å². The van der Waals surface area contributed by atoms with Crippen LogP contribution in [0, 0.1) is 0 Å². The number of methoxy groups -OCH3 is 1. The van der Waals surface area contributed by atoms with E-state index in [4.69, 9.17) is 4.74 Å². The monoisotopic (exact) mass is 299 g/mol. The highest BCUT2D eigenvalue weighted by Crippen LogP contribution is 2.28. The van der Waals surface area contributed by atoms with Gasteiger partial charge in [-0.15, -0.1) is 0 Å². The van der Waals surface area contributed by atoms with Gasteiger partial charge in [0.2, 0.25) is 0 Å². The highest BCUT2D eigenvalue weighted by molar-refractivity contribution is 7.90. The zero-order chi connectivity index (χ0) is 14.6. The van der Waals surface area contributed by atoms with Gasteiger partial charge in [-0.1, -0.05) is 6.07 Å². The van der Waals surface area contributed by atoms with E-state index in [1.807, 2.05) is 7.05 Å². The standard InChI is InChI=1S/C13H21N3O3S/c1-14-7-4-8-15-9-10-16(20(15,17)18)12-5-3-6-13(11-12)19-2/h3,5-6,11,14H,4,7-10H2,1-2H3. The van der Waals surface area contributed by atoms with E-state index in [1.54, 1.807) is 31.4 Å². The Kier molecular flexibility index (Phi) is 4.85. The van der Waals surface area contributed by atoms with E-state index in [2.05, 4.69) is 5.32 Å². The first-order valence-corrected chi connectivity index (χ1v) is 8.06. The number of anilines is 1. The molecule has 0 unspecified atom stereocenters. The van der Waals surface area contributed by atoms with Crippen LogP contribution in [0.15, 0.2) is 24.3 Å². The van der Waals surface area contributed by atoms with Crippen LogP contribution in [0.2, 0.25) is 0 Å². The van der Waals surface area contributed by atoms with Gasteiger partial charge in [-0.05, 0) is 32.1 Å². The van der Waals surface area contributed by atoms with Crippen molar-refractivity contribution >= 4 is 15.9 Å². The molecule has 1 fully saturated rings. The third-order valence-corrected chi connectivity index (χ3v) is 5.30. The molecule has 1 aromatic carbocycles. The topological polar surface area (TPSA) is 61.9 Å². The summed E-state index contributed by atoms with van der Waals surface area (Å²) < 4.78 is 33.1. The molecule has 0 spiro atoms. The summed E-state index contributed by atoms with van der Waals surface area (Å²) in [5.74, 6) is 0.659. The quantitative estimate of drug-likeness (QED) is 0.784. The van der Waals surface area contributed by atoms with Gasteiger partial charge in [-0.2, -0.15) is 12.7 Å². The first-order valence-electron chi connectivity index (χ1n) is 6.66. The van der Waals surface area contributed by atoms with Crippen LogP contribution in [0.1, 0.15) is 6.42 Å². The van der Waals surface area contributed by atoms with E-state index in [-0.39, 0.29) is 0 Å². The molecule has 20 heavy (non-hydrogen) atoms. The van der Waals surface area contributed by atoms with E-state index < -0.39 is 10.2 Å². The van der Waals surface area contributed by atoms with Crippen LogP contribution in [0.4, 0.5) is 5.69 Å². The SMILES string of the molecule is CNCCCN1CCN(c2cccc(OC)c2)S1(=O)=O. The summed E-state index contributed by atoms with van der Waals surface area (Å²) in [7, 11) is 0.0302. The van der Waals surface area contributed by atoms with Crippen molar-refractivity contribution in [2.75, 3.05) is 44.6 Å². The molecule has 6 nitrogen and oxygen atoms in total. The number of hydrogen-bond donors (Lipinski definition) is 1. The maximum absolute atomic E-state index is 12.5. The molecule has 1 aliphatic heterocycles. The Labute approximate surface area is 120 Å². The van der Waals surface area contributed by atoms with Crippen LogP contribution in [0.5, 0.6) is 5.75 Å². The molecule has 0 aromatic heterocycles. The summed E-state index contributed by atoms with van der Waals surface area (Å²) in [6.45, 7) is 2.37. The molecule has 1 heterocycles. The molecular formula is C13H21N3O3S. The van der Waals surface area contributed by atoms with Crippen molar-refractivity contribution in [3.05, 3.63) is 24.3 Å². The fourth-order valence-electron chi connectivity index (χ4n) is 2.26. The third-order valence-electron chi connectivity index (χ3n) is 3.33. The number of benzene rings is 1.